The predicted octanol–water partition coefficient (Wildman–Crippen LogP) is 5.58. The van der Waals surface area contributed by atoms with Gasteiger partial charge >= 0.3 is 0 Å². The molecule has 0 N–H and O–H groups in total. The first-order valence-electron chi connectivity index (χ1n) is 12.5. The summed E-state index contributed by atoms with van der Waals surface area (Å²) in [6.07, 6.45) is 9.05. The number of aryl methyl sites for hydroxylation is 2. The number of fused-ring (bicyclic) bond motifs is 1. The van der Waals surface area contributed by atoms with E-state index in [0.717, 1.165) is 71.0 Å². The lowest BCUT2D eigenvalue weighted by molar-refractivity contribution is 0.269. The van der Waals surface area contributed by atoms with Crippen LogP contribution in [0.25, 0.3) is 22.3 Å². The van der Waals surface area contributed by atoms with Gasteiger partial charge in [-0.05, 0) is 68.6 Å². The second-order valence-electron chi connectivity index (χ2n) is 9.53. The Morgan fingerprint density at radius 1 is 1.11 bits per heavy atom. The summed E-state index contributed by atoms with van der Waals surface area (Å²) in [5, 5.41) is 4.28. The van der Waals surface area contributed by atoms with Gasteiger partial charge in [-0.15, -0.1) is 11.6 Å². The number of ether oxygens (including phenoxy) is 1. The van der Waals surface area contributed by atoms with Gasteiger partial charge in [0.25, 0.3) is 0 Å². The maximum atomic E-state index is 6.22. The lowest BCUT2D eigenvalue weighted by Gasteiger charge is -2.28. The van der Waals surface area contributed by atoms with E-state index < -0.39 is 0 Å². The second kappa shape index (κ2) is 10.8. The number of hydrogen-bond acceptors (Lipinski definition) is 6. The van der Waals surface area contributed by atoms with Crippen molar-refractivity contribution in [2.45, 2.75) is 32.2 Å². The van der Waals surface area contributed by atoms with Crippen LogP contribution in [0.5, 0.6) is 5.75 Å². The molecule has 0 amide bonds. The Balaban J connectivity index is 1.47. The van der Waals surface area contributed by atoms with E-state index in [-0.39, 0.29) is 0 Å². The fourth-order valence-electron chi connectivity index (χ4n) is 5.07. The molecule has 188 valence electrons. The van der Waals surface area contributed by atoms with Crippen LogP contribution < -0.4 is 9.64 Å². The first-order chi connectivity index (χ1) is 17.5. The quantitative estimate of drug-likeness (QED) is 0.277. The summed E-state index contributed by atoms with van der Waals surface area (Å²) in [4.78, 5) is 14.5. The van der Waals surface area contributed by atoms with Crippen molar-refractivity contribution in [3.8, 4) is 17.0 Å². The van der Waals surface area contributed by atoms with Gasteiger partial charge in [0, 0.05) is 61.3 Å². The Morgan fingerprint density at radius 2 is 2.00 bits per heavy atom. The average molecular weight is 505 g/mol. The summed E-state index contributed by atoms with van der Waals surface area (Å²) < 4.78 is 7.37. The molecule has 1 fully saturated rings. The number of anilines is 2. The fourth-order valence-corrected chi connectivity index (χ4v) is 5.42. The van der Waals surface area contributed by atoms with Crippen molar-refractivity contribution < 1.29 is 4.74 Å². The molecule has 7 nitrogen and oxygen atoms in total. The zero-order valence-electron chi connectivity index (χ0n) is 21.2. The number of alkyl halides is 1. The molecule has 1 atom stereocenters. The van der Waals surface area contributed by atoms with Crippen LogP contribution in [0.15, 0.2) is 55.0 Å². The first-order valence-corrected chi connectivity index (χ1v) is 13.1. The standard InChI is InChI=1S/C28H33ClN6O/c1-20-12-24(14-25(13-20)36-3)35(11-5-10-34-9-4-6-23(34)16-29)22-7-8-26-27(15-22)32-28(18-30-26)21-17-31-33(2)19-21/h7-8,12-15,17-19,23H,4-6,9-11,16H2,1-3H3. The molecule has 2 aromatic heterocycles. The molecule has 1 aliphatic heterocycles. The largest absolute Gasteiger partial charge is 0.497 e. The van der Waals surface area contributed by atoms with Crippen LogP contribution in [0.1, 0.15) is 24.8 Å². The van der Waals surface area contributed by atoms with Crippen molar-refractivity contribution in [1.82, 2.24) is 24.6 Å². The summed E-state index contributed by atoms with van der Waals surface area (Å²) in [7, 11) is 3.62. The zero-order valence-corrected chi connectivity index (χ0v) is 21.9. The van der Waals surface area contributed by atoms with Crippen LogP contribution in [0, 0.1) is 6.92 Å². The van der Waals surface area contributed by atoms with Crippen molar-refractivity contribution in [1.29, 1.82) is 0 Å². The highest BCUT2D eigenvalue weighted by molar-refractivity contribution is 6.18. The SMILES string of the molecule is COc1cc(C)cc(N(CCCN2CCCC2CCl)c2ccc3ncc(-c4cnn(C)c4)nc3c2)c1. The van der Waals surface area contributed by atoms with Crippen LogP contribution in [0.4, 0.5) is 11.4 Å². The molecule has 2 aromatic carbocycles. The number of methoxy groups -OCH3 is 1. The normalized spacial score (nSPS) is 16.1. The van der Waals surface area contributed by atoms with Crippen LogP contribution >= 0.6 is 11.6 Å². The van der Waals surface area contributed by atoms with Crippen molar-refractivity contribution >= 4 is 34.0 Å². The van der Waals surface area contributed by atoms with E-state index >= 15 is 0 Å². The minimum atomic E-state index is 0.501. The second-order valence-corrected chi connectivity index (χ2v) is 9.84. The minimum Gasteiger partial charge on any atom is -0.497 e. The van der Waals surface area contributed by atoms with Crippen molar-refractivity contribution in [3.05, 3.63) is 60.6 Å². The number of hydrogen-bond donors (Lipinski definition) is 0. The number of likely N-dealkylation sites (tertiary alicyclic amines) is 1. The fraction of sp³-hybridized carbons (Fsp3) is 0.393. The molecule has 5 rings (SSSR count). The molecule has 36 heavy (non-hydrogen) atoms. The highest BCUT2D eigenvalue weighted by Crippen LogP contribution is 2.32. The molecule has 3 heterocycles. The number of benzene rings is 2. The number of aromatic nitrogens is 4. The van der Waals surface area contributed by atoms with Gasteiger partial charge in [0.2, 0.25) is 0 Å². The van der Waals surface area contributed by atoms with Crippen molar-refractivity contribution in [2.24, 2.45) is 7.05 Å². The van der Waals surface area contributed by atoms with E-state index in [1.807, 2.05) is 25.6 Å². The average Bonchev–Trinajstić information content (AvgIpc) is 3.54. The maximum Gasteiger partial charge on any atom is 0.121 e. The summed E-state index contributed by atoms with van der Waals surface area (Å²) in [6, 6.07) is 13.2. The van der Waals surface area contributed by atoms with E-state index in [2.05, 4.69) is 63.2 Å². The number of rotatable bonds is 9. The Labute approximate surface area is 217 Å². The van der Waals surface area contributed by atoms with Gasteiger partial charge in [-0.25, -0.2) is 4.98 Å². The van der Waals surface area contributed by atoms with E-state index in [9.17, 15) is 0 Å². The molecule has 4 aromatic rings. The van der Waals surface area contributed by atoms with E-state index in [1.54, 1.807) is 11.8 Å². The molecular weight excluding hydrogens is 472 g/mol. The monoisotopic (exact) mass is 504 g/mol. The highest BCUT2D eigenvalue weighted by atomic mass is 35.5. The lowest BCUT2D eigenvalue weighted by Crippen LogP contribution is -2.33. The molecule has 8 heteroatoms. The Kier molecular flexibility index (Phi) is 7.39. The van der Waals surface area contributed by atoms with Crippen LogP contribution in [-0.2, 0) is 7.05 Å². The van der Waals surface area contributed by atoms with Crippen molar-refractivity contribution in [2.75, 3.05) is 37.5 Å². The molecule has 1 unspecified atom stereocenters. The first kappa shape index (κ1) is 24.5. The molecule has 0 saturated carbocycles. The van der Waals surface area contributed by atoms with Crippen LogP contribution in [0.3, 0.4) is 0 Å². The molecule has 0 spiro atoms. The molecule has 0 radical (unpaired) electrons. The molecule has 0 aliphatic carbocycles. The third kappa shape index (κ3) is 5.32. The summed E-state index contributed by atoms with van der Waals surface area (Å²) in [6.45, 7) is 5.15. The minimum absolute atomic E-state index is 0.501. The van der Waals surface area contributed by atoms with E-state index in [1.165, 1.54) is 12.8 Å². The molecule has 1 saturated heterocycles. The van der Waals surface area contributed by atoms with Gasteiger partial charge in [-0.3, -0.25) is 14.6 Å². The maximum absolute atomic E-state index is 6.22. The summed E-state index contributed by atoms with van der Waals surface area (Å²) >= 11 is 6.22. The Bertz CT molecular complexity index is 1340. The van der Waals surface area contributed by atoms with Gasteiger partial charge in [0.1, 0.15) is 5.75 Å². The van der Waals surface area contributed by atoms with Gasteiger partial charge in [-0.1, -0.05) is 0 Å². The van der Waals surface area contributed by atoms with E-state index in [0.29, 0.717) is 11.9 Å². The van der Waals surface area contributed by atoms with Gasteiger partial charge in [0.15, 0.2) is 0 Å². The van der Waals surface area contributed by atoms with Crippen molar-refractivity contribution in [3.63, 3.8) is 0 Å². The van der Waals surface area contributed by atoms with Crippen LogP contribution in [-0.4, -0.2) is 63.3 Å². The van der Waals surface area contributed by atoms with Gasteiger partial charge < -0.3 is 9.64 Å². The third-order valence-electron chi connectivity index (χ3n) is 6.93. The smallest absolute Gasteiger partial charge is 0.121 e. The van der Waals surface area contributed by atoms with E-state index in [4.69, 9.17) is 21.3 Å². The Morgan fingerprint density at radius 3 is 2.78 bits per heavy atom. The molecule has 1 aliphatic rings. The van der Waals surface area contributed by atoms with Crippen LogP contribution in [0.2, 0.25) is 0 Å². The van der Waals surface area contributed by atoms with Gasteiger partial charge in [0.05, 0.1) is 36.2 Å². The molecular formula is C28H33ClN6O. The van der Waals surface area contributed by atoms with Gasteiger partial charge in [-0.2, -0.15) is 5.10 Å². The highest BCUT2D eigenvalue weighted by Gasteiger charge is 2.23. The topological polar surface area (TPSA) is 59.3 Å². The number of halogens is 1. The Hall–Kier alpha value is -3.16. The number of nitrogens with zero attached hydrogens (tertiary/aromatic N) is 6. The summed E-state index contributed by atoms with van der Waals surface area (Å²) in [5.41, 5.74) is 6.86. The lowest BCUT2D eigenvalue weighted by atomic mass is 10.1. The zero-order chi connectivity index (χ0) is 25.1. The third-order valence-corrected chi connectivity index (χ3v) is 7.28. The molecule has 0 bridgehead atoms. The summed E-state index contributed by atoms with van der Waals surface area (Å²) in [5.74, 6) is 1.57. The predicted molar refractivity (Wildman–Crippen MR) is 146 cm³/mol.